The summed E-state index contributed by atoms with van der Waals surface area (Å²) in [7, 11) is 0. The summed E-state index contributed by atoms with van der Waals surface area (Å²) >= 11 is 0. The van der Waals surface area contributed by atoms with E-state index in [-0.39, 0.29) is 5.91 Å². The average Bonchev–Trinajstić information content (AvgIpc) is 2.92. The monoisotopic (exact) mass is 359 g/mol. The van der Waals surface area contributed by atoms with Gasteiger partial charge in [0.1, 0.15) is 6.04 Å². The zero-order valence-corrected chi connectivity index (χ0v) is 14.8. The summed E-state index contributed by atoms with van der Waals surface area (Å²) in [5.41, 5.74) is 0.647. The SMILES string of the molecule is CCOC(=O)N1CCN(C(=O)[C@H](C)N2C(=O)c3ccccc3C2=O)CC1. The number of ether oxygens (including phenoxy) is 1. The standard InChI is InChI=1S/C18H21N3O5/c1-3-26-18(25)20-10-8-19(9-11-20)15(22)12(2)21-16(23)13-6-4-5-7-14(13)17(21)24/h4-7,12H,3,8-11H2,1-2H3/t12-/m0/s1. The minimum atomic E-state index is -0.892. The number of hydrogen-bond acceptors (Lipinski definition) is 5. The van der Waals surface area contributed by atoms with E-state index in [0.717, 1.165) is 4.90 Å². The van der Waals surface area contributed by atoms with Crippen molar-refractivity contribution in [3.8, 4) is 0 Å². The molecule has 1 saturated heterocycles. The summed E-state index contributed by atoms with van der Waals surface area (Å²) in [6.45, 7) is 4.99. The number of benzene rings is 1. The van der Waals surface area contributed by atoms with Crippen LogP contribution >= 0.6 is 0 Å². The lowest BCUT2D eigenvalue weighted by atomic mass is 10.1. The normalized spacial score (nSPS) is 18.0. The van der Waals surface area contributed by atoms with Crippen molar-refractivity contribution in [3.05, 3.63) is 35.4 Å². The maximum atomic E-state index is 12.8. The Kier molecular flexibility index (Phi) is 4.92. The highest BCUT2D eigenvalue weighted by Gasteiger charge is 2.42. The minimum absolute atomic E-state index is 0.300. The Hall–Kier alpha value is -2.90. The van der Waals surface area contributed by atoms with E-state index in [9.17, 15) is 19.2 Å². The van der Waals surface area contributed by atoms with Gasteiger partial charge in [-0.2, -0.15) is 0 Å². The van der Waals surface area contributed by atoms with E-state index in [1.54, 1.807) is 47.9 Å². The van der Waals surface area contributed by atoms with Gasteiger partial charge in [0.15, 0.2) is 0 Å². The van der Waals surface area contributed by atoms with Gasteiger partial charge >= 0.3 is 6.09 Å². The smallest absolute Gasteiger partial charge is 0.409 e. The number of imide groups is 1. The average molecular weight is 359 g/mol. The molecule has 2 aliphatic rings. The maximum absolute atomic E-state index is 12.8. The number of piperazine rings is 1. The van der Waals surface area contributed by atoms with Gasteiger partial charge in [0.2, 0.25) is 5.91 Å². The number of carbonyl (C=O) groups excluding carboxylic acids is 4. The van der Waals surface area contributed by atoms with E-state index in [1.807, 2.05) is 0 Å². The molecule has 26 heavy (non-hydrogen) atoms. The lowest BCUT2D eigenvalue weighted by molar-refractivity contribution is -0.136. The fourth-order valence-electron chi connectivity index (χ4n) is 3.26. The van der Waals surface area contributed by atoms with E-state index in [2.05, 4.69) is 0 Å². The van der Waals surface area contributed by atoms with Crippen LogP contribution in [0, 0.1) is 0 Å². The summed E-state index contributed by atoms with van der Waals surface area (Å²) in [4.78, 5) is 53.7. The van der Waals surface area contributed by atoms with Gasteiger partial charge in [-0.25, -0.2) is 4.79 Å². The summed E-state index contributed by atoms with van der Waals surface area (Å²) in [5, 5.41) is 0. The van der Waals surface area contributed by atoms with E-state index >= 15 is 0 Å². The van der Waals surface area contributed by atoms with Gasteiger partial charge in [-0.3, -0.25) is 19.3 Å². The van der Waals surface area contributed by atoms with Crippen molar-refractivity contribution in [2.45, 2.75) is 19.9 Å². The summed E-state index contributed by atoms with van der Waals surface area (Å²) < 4.78 is 4.96. The molecular formula is C18H21N3O5. The first-order valence-electron chi connectivity index (χ1n) is 8.63. The molecule has 8 nitrogen and oxygen atoms in total. The quantitative estimate of drug-likeness (QED) is 0.751. The largest absolute Gasteiger partial charge is 0.450 e. The van der Waals surface area contributed by atoms with Gasteiger partial charge in [-0.15, -0.1) is 0 Å². The van der Waals surface area contributed by atoms with Crippen molar-refractivity contribution in [1.29, 1.82) is 0 Å². The molecule has 0 N–H and O–H groups in total. The molecule has 0 spiro atoms. The Labute approximate surface area is 151 Å². The van der Waals surface area contributed by atoms with Crippen LogP contribution in [-0.4, -0.2) is 77.3 Å². The van der Waals surface area contributed by atoms with Crippen LogP contribution in [0.3, 0.4) is 0 Å². The van der Waals surface area contributed by atoms with Crippen molar-refractivity contribution in [2.24, 2.45) is 0 Å². The fourth-order valence-corrected chi connectivity index (χ4v) is 3.26. The molecule has 2 aliphatic heterocycles. The minimum Gasteiger partial charge on any atom is -0.450 e. The second-order valence-electron chi connectivity index (χ2n) is 6.21. The third-order valence-corrected chi connectivity index (χ3v) is 4.69. The molecule has 1 fully saturated rings. The Morgan fingerprint density at radius 1 is 1.00 bits per heavy atom. The van der Waals surface area contributed by atoms with Crippen molar-refractivity contribution in [2.75, 3.05) is 32.8 Å². The molecule has 0 bridgehead atoms. The molecule has 2 heterocycles. The Balaban J connectivity index is 1.66. The highest BCUT2D eigenvalue weighted by Crippen LogP contribution is 2.25. The first-order valence-corrected chi connectivity index (χ1v) is 8.63. The number of hydrogen-bond donors (Lipinski definition) is 0. The molecule has 8 heteroatoms. The molecule has 1 aromatic carbocycles. The Bertz CT molecular complexity index is 720. The highest BCUT2D eigenvalue weighted by atomic mass is 16.6. The van der Waals surface area contributed by atoms with Crippen molar-refractivity contribution in [1.82, 2.24) is 14.7 Å². The molecular weight excluding hydrogens is 338 g/mol. The molecule has 0 unspecified atom stereocenters. The second kappa shape index (κ2) is 7.15. The Morgan fingerprint density at radius 3 is 2.00 bits per heavy atom. The Morgan fingerprint density at radius 2 is 1.50 bits per heavy atom. The van der Waals surface area contributed by atoms with Crippen LogP contribution in [0.2, 0.25) is 0 Å². The van der Waals surface area contributed by atoms with Crippen molar-refractivity contribution >= 4 is 23.8 Å². The molecule has 0 aromatic heterocycles. The lowest BCUT2D eigenvalue weighted by Gasteiger charge is -2.36. The first kappa shape index (κ1) is 17.9. The summed E-state index contributed by atoms with van der Waals surface area (Å²) in [5.74, 6) is -1.20. The number of carbonyl (C=O) groups is 4. The number of fused-ring (bicyclic) bond motifs is 1. The van der Waals surface area contributed by atoms with Crippen LogP contribution in [0.5, 0.6) is 0 Å². The van der Waals surface area contributed by atoms with Crippen molar-refractivity contribution in [3.63, 3.8) is 0 Å². The number of rotatable bonds is 3. The lowest BCUT2D eigenvalue weighted by Crippen LogP contribution is -2.56. The maximum Gasteiger partial charge on any atom is 0.409 e. The first-order chi connectivity index (χ1) is 12.5. The third kappa shape index (κ3) is 3.02. The fraction of sp³-hybridized carbons (Fsp3) is 0.444. The van der Waals surface area contributed by atoms with Crippen LogP contribution in [0.25, 0.3) is 0 Å². The third-order valence-electron chi connectivity index (χ3n) is 4.69. The number of amides is 4. The topological polar surface area (TPSA) is 87.2 Å². The second-order valence-corrected chi connectivity index (χ2v) is 6.21. The van der Waals surface area contributed by atoms with Gasteiger partial charge in [0.05, 0.1) is 17.7 Å². The highest BCUT2D eigenvalue weighted by molar-refractivity contribution is 6.22. The zero-order valence-electron chi connectivity index (χ0n) is 14.8. The van der Waals surface area contributed by atoms with Crippen LogP contribution < -0.4 is 0 Å². The van der Waals surface area contributed by atoms with Gasteiger partial charge < -0.3 is 14.5 Å². The van der Waals surface area contributed by atoms with Crippen molar-refractivity contribution < 1.29 is 23.9 Å². The van der Waals surface area contributed by atoms with E-state index in [4.69, 9.17) is 4.74 Å². The van der Waals surface area contributed by atoms with Gasteiger partial charge in [0, 0.05) is 26.2 Å². The molecule has 3 rings (SSSR count). The predicted molar refractivity (Wildman–Crippen MR) is 91.6 cm³/mol. The van der Waals surface area contributed by atoms with Gasteiger partial charge in [-0.05, 0) is 26.0 Å². The zero-order chi connectivity index (χ0) is 18.8. The summed E-state index contributed by atoms with van der Waals surface area (Å²) in [6.07, 6.45) is -0.395. The van der Waals surface area contributed by atoms with Crippen LogP contribution in [0.4, 0.5) is 4.79 Å². The van der Waals surface area contributed by atoms with Crippen LogP contribution in [-0.2, 0) is 9.53 Å². The van der Waals surface area contributed by atoms with E-state index in [0.29, 0.717) is 43.9 Å². The predicted octanol–water partition coefficient (Wildman–Crippen LogP) is 0.972. The van der Waals surface area contributed by atoms with E-state index < -0.39 is 23.9 Å². The molecule has 0 aliphatic carbocycles. The molecule has 1 aromatic rings. The molecule has 0 saturated carbocycles. The summed E-state index contributed by atoms with van der Waals surface area (Å²) in [6, 6.07) is 5.66. The van der Waals surface area contributed by atoms with Crippen LogP contribution in [0.1, 0.15) is 34.6 Å². The molecule has 0 radical (unpaired) electrons. The molecule has 1 atom stereocenters. The van der Waals surface area contributed by atoms with Gasteiger partial charge in [-0.1, -0.05) is 12.1 Å². The number of nitrogens with zero attached hydrogens (tertiary/aromatic N) is 3. The van der Waals surface area contributed by atoms with Crippen LogP contribution in [0.15, 0.2) is 24.3 Å². The molecule has 4 amide bonds. The van der Waals surface area contributed by atoms with E-state index in [1.165, 1.54) is 0 Å². The molecule has 138 valence electrons. The van der Waals surface area contributed by atoms with Gasteiger partial charge in [0.25, 0.3) is 11.8 Å².